The van der Waals surface area contributed by atoms with Gasteiger partial charge in [-0.2, -0.15) is 0 Å². The SMILES string of the molecule is CCCC[n+]1cc2n(c1)C(=O)N[C@H](C(=O)OC)C2. The van der Waals surface area contributed by atoms with Gasteiger partial charge in [0.1, 0.15) is 12.2 Å². The van der Waals surface area contributed by atoms with Crippen LogP contribution in [0, 0.1) is 0 Å². The van der Waals surface area contributed by atoms with Crippen molar-refractivity contribution in [3.05, 3.63) is 18.2 Å². The van der Waals surface area contributed by atoms with Gasteiger partial charge in [-0.3, -0.25) is 0 Å². The third kappa shape index (κ3) is 2.37. The quantitative estimate of drug-likeness (QED) is 0.616. The number of carbonyl (C=O) groups is 2. The normalized spacial score (nSPS) is 18.1. The lowest BCUT2D eigenvalue weighted by Gasteiger charge is -2.17. The Morgan fingerprint density at radius 3 is 3.11 bits per heavy atom. The summed E-state index contributed by atoms with van der Waals surface area (Å²) >= 11 is 0. The number of nitrogens with one attached hydrogen (secondary N) is 1. The van der Waals surface area contributed by atoms with Gasteiger partial charge in [0.05, 0.1) is 13.7 Å². The number of aromatic nitrogens is 2. The molecule has 0 unspecified atom stereocenters. The zero-order chi connectivity index (χ0) is 13.1. The summed E-state index contributed by atoms with van der Waals surface area (Å²) in [5, 5.41) is 2.63. The van der Waals surface area contributed by atoms with Gasteiger partial charge in [-0.1, -0.05) is 13.3 Å². The molecule has 18 heavy (non-hydrogen) atoms. The third-order valence-electron chi connectivity index (χ3n) is 3.07. The van der Waals surface area contributed by atoms with Gasteiger partial charge in [-0.15, -0.1) is 4.57 Å². The number of hydrogen-bond donors (Lipinski definition) is 1. The lowest BCUT2D eigenvalue weighted by atomic mass is 10.1. The number of ether oxygens (including phenoxy) is 1. The van der Waals surface area contributed by atoms with Crippen molar-refractivity contribution in [2.45, 2.75) is 38.8 Å². The minimum absolute atomic E-state index is 0.276. The maximum atomic E-state index is 11.8. The number of rotatable bonds is 4. The number of methoxy groups -OCH3 is 1. The molecule has 6 heteroatoms. The van der Waals surface area contributed by atoms with Crippen LogP contribution in [-0.4, -0.2) is 29.7 Å². The van der Waals surface area contributed by atoms with Gasteiger partial charge in [-0.25, -0.2) is 14.2 Å². The molecule has 0 radical (unpaired) electrons. The fourth-order valence-electron chi connectivity index (χ4n) is 2.07. The lowest BCUT2D eigenvalue weighted by molar-refractivity contribution is -0.696. The van der Waals surface area contributed by atoms with Crippen molar-refractivity contribution in [2.24, 2.45) is 0 Å². The molecule has 2 rings (SSSR count). The maximum Gasteiger partial charge on any atom is 0.414 e. The van der Waals surface area contributed by atoms with Crippen molar-refractivity contribution >= 4 is 12.0 Å². The molecule has 1 aliphatic rings. The summed E-state index contributed by atoms with van der Waals surface area (Å²) in [6, 6.07) is -0.855. The number of imidazole rings is 1. The fraction of sp³-hybridized carbons (Fsp3) is 0.583. The first kappa shape index (κ1) is 12.6. The molecule has 1 atom stereocenters. The molecular formula is C12H18N3O3+. The second-order valence-corrected chi connectivity index (χ2v) is 4.43. The van der Waals surface area contributed by atoms with Crippen LogP contribution in [0.3, 0.4) is 0 Å². The maximum absolute atomic E-state index is 11.8. The van der Waals surface area contributed by atoms with E-state index in [1.54, 1.807) is 10.9 Å². The van der Waals surface area contributed by atoms with E-state index in [1.807, 2.05) is 10.8 Å². The molecule has 0 bridgehead atoms. The highest BCUT2D eigenvalue weighted by Gasteiger charge is 2.34. The summed E-state index contributed by atoms with van der Waals surface area (Å²) in [5.74, 6) is -0.407. The third-order valence-corrected chi connectivity index (χ3v) is 3.07. The van der Waals surface area contributed by atoms with Crippen LogP contribution in [0.1, 0.15) is 25.5 Å². The second kappa shape index (κ2) is 5.20. The predicted octanol–water partition coefficient (Wildman–Crippen LogP) is 0.231. The fourth-order valence-corrected chi connectivity index (χ4v) is 2.07. The van der Waals surface area contributed by atoms with Crippen molar-refractivity contribution in [3.8, 4) is 0 Å². The van der Waals surface area contributed by atoms with Crippen LogP contribution in [0.25, 0.3) is 0 Å². The van der Waals surface area contributed by atoms with Crippen molar-refractivity contribution in [2.75, 3.05) is 7.11 Å². The van der Waals surface area contributed by atoms with E-state index in [9.17, 15) is 9.59 Å². The van der Waals surface area contributed by atoms with E-state index in [0.717, 1.165) is 25.1 Å². The summed E-state index contributed by atoms with van der Waals surface area (Å²) in [5.41, 5.74) is 0.838. The van der Waals surface area contributed by atoms with E-state index in [4.69, 9.17) is 0 Å². The molecule has 2 heterocycles. The van der Waals surface area contributed by atoms with Gasteiger partial charge >= 0.3 is 12.0 Å². The summed E-state index contributed by atoms with van der Waals surface area (Å²) < 4.78 is 8.19. The van der Waals surface area contributed by atoms with Crippen molar-refractivity contribution in [1.82, 2.24) is 9.88 Å². The second-order valence-electron chi connectivity index (χ2n) is 4.43. The monoisotopic (exact) mass is 252 g/mol. The summed E-state index contributed by atoms with van der Waals surface area (Å²) in [6.45, 7) is 3.00. The Balaban J connectivity index is 2.17. The number of aryl methyl sites for hydroxylation is 1. The van der Waals surface area contributed by atoms with Gasteiger partial charge in [-0.05, 0) is 6.42 Å². The predicted molar refractivity (Wildman–Crippen MR) is 63.0 cm³/mol. The Bertz CT molecular complexity index is 467. The van der Waals surface area contributed by atoms with Gasteiger partial charge < -0.3 is 10.1 Å². The van der Waals surface area contributed by atoms with Crippen LogP contribution in [0.15, 0.2) is 12.5 Å². The molecule has 1 aromatic rings. The first-order chi connectivity index (χ1) is 8.65. The topological polar surface area (TPSA) is 64.2 Å². The zero-order valence-corrected chi connectivity index (χ0v) is 10.7. The Morgan fingerprint density at radius 2 is 2.44 bits per heavy atom. The number of carbonyl (C=O) groups excluding carboxylic acids is 2. The van der Waals surface area contributed by atoms with E-state index >= 15 is 0 Å². The minimum Gasteiger partial charge on any atom is -0.467 e. The van der Waals surface area contributed by atoms with E-state index < -0.39 is 12.0 Å². The van der Waals surface area contributed by atoms with E-state index in [2.05, 4.69) is 17.0 Å². The number of amides is 1. The van der Waals surface area contributed by atoms with Crippen molar-refractivity contribution < 1.29 is 18.9 Å². The standard InChI is InChI=1S/C12H17N3O3/c1-3-4-5-14-7-9-6-10(11(16)18-2)13-12(17)15(9)8-14/h7-8,10H,3-6H2,1-2H3/p+1/t10-/m0/s1. The van der Waals surface area contributed by atoms with E-state index in [1.165, 1.54) is 7.11 Å². The average molecular weight is 252 g/mol. The largest absolute Gasteiger partial charge is 0.467 e. The molecular weight excluding hydrogens is 234 g/mol. The molecule has 0 spiro atoms. The molecule has 0 fully saturated rings. The number of nitrogens with zero attached hydrogens (tertiary/aromatic N) is 2. The molecule has 0 aliphatic carbocycles. The molecule has 0 aromatic carbocycles. The molecule has 0 saturated carbocycles. The summed E-state index contributed by atoms with van der Waals surface area (Å²) in [6.07, 6.45) is 6.33. The first-order valence-electron chi connectivity index (χ1n) is 6.14. The average Bonchev–Trinajstić information content (AvgIpc) is 2.78. The zero-order valence-electron chi connectivity index (χ0n) is 10.7. The van der Waals surface area contributed by atoms with Crippen LogP contribution in [0.4, 0.5) is 4.79 Å². The molecule has 98 valence electrons. The summed E-state index contributed by atoms with van der Waals surface area (Å²) in [7, 11) is 1.32. The molecule has 0 saturated heterocycles. The molecule has 1 aromatic heterocycles. The molecule has 1 N–H and O–H groups in total. The Morgan fingerprint density at radius 1 is 1.67 bits per heavy atom. The Labute approximate surface area is 106 Å². The van der Waals surface area contributed by atoms with E-state index in [0.29, 0.717) is 6.42 Å². The lowest BCUT2D eigenvalue weighted by Crippen LogP contribution is -2.49. The van der Waals surface area contributed by atoms with Gasteiger partial charge in [0.15, 0.2) is 5.69 Å². The highest BCUT2D eigenvalue weighted by molar-refractivity contribution is 5.86. The Hall–Kier alpha value is -1.85. The summed E-state index contributed by atoms with van der Waals surface area (Å²) in [4.78, 5) is 23.3. The number of esters is 1. The molecule has 6 nitrogen and oxygen atoms in total. The van der Waals surface area contributed by atoms with Crippen molar-refractivity contribution in [3.63, 3.8) is 0 Å². The van der Waals surface area contributed by atoms with E-state index in [-0.39, 0.29) is 6.03 Å². The van der Waals surface area contributed by atoms with Gasteiger partial charge in [0.2, 0.25) is 0 Å². The number of hydrogen-bond acceptors (Lipinski definition) is 3. The van der Waals surface area contributed by atoms with Crippen molar-refractivity contribution in [1.29, 1.82) is 0 Å². The smallest absolute Gasteiger partial charge is 0.414 e. The van der Waals surface area contributed by atoms with Crippen LogP contribution in [-0.2, 0) is 22.5 Å². The minimum atomic E-state index is -0.579. The highest BCUT2D eigenvalue weighted by Crippen LogP contribution is 2.09. The van der Waals surface area contributed by atoms with Crippen LogP contribution >= 0.6 is 0 Å². The van der Waals surface area contributed by atoms with Crippen LogP contribution in [0.2, 0.25) is 0 Å². The highest BCUT2D eigenvalue weighted by atomic mass is 16.5. The van der Waals surface area contributed by atoms with Crippen LogP contribution < -0.4 is 9.88 Å². The van der Waals surface area contributed by atoms with Gasteiger partial charge in [0.25, 0.3) is 6.33 Å². The first-order valence-corrected chi connectivity index (χ1v) is 6.14. The van der Waals surface area contributed by atoms with Crippen LogP contribution in [0.5, 0.6) is 0 Å². The molecule has 1 amide bonds. The molecule has 1 aliphatic heterocycles. The number of unbranched alkanes of at least 4 members (excludes halogenated alkanes) is 1. The number of fused-ring (bicyclic) bond motifs is 1. The Kier molecular flexibility index (Phi) is 3.64. The van der Waals surface area contributed by atoms with Gasteiger partial charge in [0, 0.05) is 6.42 Å².